The summed E-state index contributed by atoms with van der Waals surface area (Å²) in [5.41, 5.74) is 11.9. The van der Waals surface area contributed by atoms with Crippen LogP contribution in [-0.4, -0.2) is 35.2 Å². The van der Waals surface area contributed by atoms with Crippen LogP contribution in [0.25, 0.3) is 0 Å². The number of rotatable bonds is 10. The molecule has 0 heterocycles. The normalized spacial score (nSPS) is 13.1. The molecule has 5 N–H and O–H groups in total. The van der Waals surface area contributed by atoms with Crippen molar-refractivity contribution in [2.45, 2.75) is 50.6 Å². The van der Waals surface area contributed by atoms with Gasteiger partial charge in [0.05, 0.1) is 0 Å². The van der Waals surface area contributed by atoms with E-state index in [0.717, 1.165) is 37.9 Å². The lowest BCUT2D eigenvalue weighted by atomic mass is 10.0. The third kappa shape index (κ3) is 14.4. The van der Waals surface area contributed by atoms with Crippen molar-refractivity contribution in [2.75, 3.05) is 12.0 Å². The SMILES string of the molecule is CSCCC(N)C(N)CCCCCC(=O)O.Cl.Cl. The molecule has 0 saturated heterocycles. The van der Waals surface area contributed by atoms with Gasteiger partial charge in [0.15, 0.2) is 0 Å². The summed E-state index contributed by atoms with van der Waals surface area (Å²) in [6.07, 6.45) is 6.81. The zero-order valence-corrected chi connectivity index (χ0v) is 13.3. The number of carboxylic acids is 1. The van der Waals surface area contributed by atoms with Crippen LogP contribution in [0, 0.1) is 0 Å². The van der Waals surface area contributed by atoms with Crippen molar-refractivity contribution >= 4 is 42.5 Å². The molecule has 112 valence electrons. The van der Waals surface area contributed by atoms with E-state index in [2.05, 4.69) is 6.26 Å². The average Bonchev–Trinajstić information content (AvgIpc) is 2.24. The van der Waals surface area contributed by atoms with Gasteiger partial charge >= 0.3 is 5.97 Å². The monoisotopic (exact) mass is 320 g/mol. The van der Waals surface area contributed by atoms with Crippen molar-refractivity contribution in [1.82, 2.24) is 0 Å². The zero-order chi connectivity index (χ0) is 12.4. The van der Waals surface area contributed by atoms with Gasteiger partial charge in [0.25, 0.3) is 0 Å². The molecule has 0 aromatic heterocycles. The lowest BCUT2D eigenvalue weighted by Crippen LogP contribution is -2.41. The minimum atomic E-state index is -0.721. The van der Waals surface area contributed by atoms with E-state index in [0.29, 0.717) is 0 Å². The number of unbranched alkanes of at least 4 members (excludes halogenated alkanes) is 2. The Morgan fingerprint density at radius 2 is 1.67 bits per heavy atom. The number of carbonyl (C=O) groups is 1. The van der Waals surface area contributed by atoms with Crippen molar-refractivity contribution in [1.29, 1.82) is 0 Å². The fourth-order valence-electron chi connectivity index (χ4n) is 1.52. The predicted molar refractivity (Wildman–Crippen MR) is 84.2 cm³/mol. The lowest BCUT2D eigenvalue weighted by Gasteiger charge is -2.19. The van der Waals surface area contributed by atoms with Crippen LogP contribution in [0.2, 0.25) is 0 Å². The first-order valence-corrected chi connectivity index (χ1v) is 7.19. The van der Waals surface area contributed by atoms with Crippen LogP contribution in [0.1, 0.15) is 38.5 Å². The highest BCUT2D eigenvalue weighted by Gasteiger charge is 2.12. The maximum Gasteiger partial charge on any atom is 0.303 e. The van der Waals surface area contributed by atoms with Crippen LogP contribution in [0.15, 0.2) is 0 Å². The van der Waals surface area contributed by atoms with E-state index in [-0.39, 0.29) is 43.3 Å². The van der Waals surface area contributed by atoms with E-state index >= 15 is 0 Å². The molecule has 0 aromatic rings. The summed E-state index contributed by atoms with van der Waals surface area (Å²) in [5, 5.41) is 8.46. The summed E-state index contributed by atoms with van der Waals surface area (Å²) in [6, 6.07) is 0.129. The van der Waals surface area contributed by atoms with E-state index in [9.17, 15) is 4.79 Å². The van der Waals surface area contributed by atoms with Crippen LogP contribution in [0.3, 0.4) is 0 Å². The smallest absolute Gasteiger partial charge is 0.303 e. The fourth-order valence-corrected chi connectivity index (χ4v) is 2.02. The number of nitrogens with two attached hydrogens (primary N) is 2. The highest BCUT2D eigenvalue weighted by molar-refractivity contribution is 7.98. The standard InChI is InChI=1S/C11H24N2O2S.2ClH/c1-16-8-7-10(13)9(12)5-3-2-4-6-11(14)15;;/h9-10H,2-8,12-13H2,1H3,(H,14,15);2*1H. The summed E-state index contributed by atoms with van der Waals surface area (Å²) in [7, 11) is 0. The molecular formula is C11H26Cl2N2O2S. The summed E-state index contributed by atoms with van der Waals surface area (Å²) in [6.45, 7) is 0. The fraction of sp³-hybridized carbons (Fsp3) is 0.909. The molecule has 0 aliphatic rings. The van der Waals surface area contributed by atoms with Crippen molar-refractivity contribution < 1.29 is 9.90 Å². The second-order valence-electron chi connectivity index (χ2n) is 4.10. The average molecular weight is 321 g/mol. The minimum Gasteiger partial charge on any atom is -0.481 e. The van der Waals surface area contributed by atoms with E-state index < -0.39 is 5.97 Å². The van der Waals surface area contributed by atoms with Crippen molar-refractivity contribution in [3.8, 4) is 0 Å². The first kappa shape index (κ1) is 23.4. The van der Waals surface area contributed by atoms with Gasteiger partial charge < -0.3 is 16.6 Å². The minimum absolute atomic E-state index is 0. The number of thioether (sulfide) groups is 1. The molecule has 0 amide bonds. The Balaban J connectivity index is -0.00000112. The molecule has 0 saturated carbocycles. The van der Waals surface area contributed by atoms with Crippen molar-refractivity contribution in [3.63, 3.8) is 0 Å². The van der Waals surface area contributed by atoms with Crippen LogP contribution in [0.4, 0.5) is 0 Å². The Labute approximate surface area is 126 Å². The van der Waals surface area contributed by atoms with Gasteiger partial charge in [-0.2, -0.15) is 11.8 Å². The summed E-state index contributed by atoms with van der Waals surface area (Å²) < 4.78 is 0. The highest BCUT2D eigenvalue weighted by atomic mass is 35.5. The van der Waals surface area contributed by atoms with E-state index in [1.165, 1.54) is 0 Å². The Kier molecular flexibility index (Phi) is 20.0. The van der Waals surface area contributed by atoms with Crippen LogP contribution in [-0.2, 0) is 4.79 Å². The largest absolute Gasteiger partial charge is 0.481 e. The summed E-state index contributed by atoms with van der Waals surface area (Å²) in [5.74, 6) is 0.328. The molecular weight excluding hydrogens is 295 g/mol. The quantitative estimate of drug-likeness (QED) is 0.537. The maximum atomic E-state index is 10.3. The molecule has 2 unspecified atom stereocenters. The summed E-state index contributed by atoms with van der Waals surface area (Å²) >= 11 is 1.78. The zero-order valence-electron chi connectivity index (χ0n) is 10.8. The molecule has 0 radical (unpaired) electrons. The number of carboxylic acid groups (broad SMARTS) is 1. The number of hydrogen-bond acceptors (Lipinski definition) is 4. The van der Waals surface area contributed by atoms with Gasteiger partial charge in [-0.25, -0.2) is 0 Å². The van der Waals surface area contributed by atoms with Crippen molar-refractivity contribution in [2.24, 2.45) is 11.5 Å². The van der Waals surface area contributed by atoms with Gasteiger partial charge in [0, 0.05) is 18.5 Å². The molecule has 2 atom stereocenters. The Morgan fingerprint density at radius 1 is 1.11 bits per heavy atom. The second kappa shape index (κ2) is 15.4. The third-order valence-electron chi connectivity index (χ3n) is 2.63. The Morgan fingerprint density at radius 3 is 2.17 bits per heavy atom. The van der Waals surface area contributed by atoms with Gasteiger partial charge in [-0.1, -0.05) is 12.8 Å². The molecule has 0 aliphatic carbocycles. The maximum absolute atomic E-state index is 10.3. The van der Waals surface area contributed by atoms with E-state index in [1.54, 1.807) is 11.8 Å². The van der Waals surface area contributed by atoms with Crippen LogP contribution in [0.5, 0.6) is 0 Å². The van der Waals surface area contributed by atoms with Gasteiger partial charge in [-0.05, 0) is 31.3 Å². The van der Waals surface area contributed by atoms with Crippen LogP contribution < -0.4 is 11.5 Å². The van der Waals surface area contributed by atoms with Gasteiger partial charge in [0.1, 0.15) is 0 Å². The molecule has 4 nitrogen and oxygen atoms in total. The first-order chi connectivity index (χ1) is 7.57. The van der Waals surface area contributed by atoms with E-state index in [1.807, 2.05) is 0 Å². The first-order valence-electron chi connectivity index (χ1n) is 5.79. The van der Waals surface area contributed by atoms with E-state index in [4.69, 9.17) is 16.6 Å². The number of aliphatic carboxylic acids is 1. The Bertz CT molecular complexity index is 200. The molecule has 0 fully saturated rings. The molecule has 0 aromatic carbocycles. The summed E-state index contributed by atoms with van der Waals surface area (Å²) in [4.78, 5) is 10.3. The molecule has 0 bridgehead atoms. The molecule has 7 heteroatoms. The van der Waals surface area contributed by atoms with Gasteiger partial charge in [-0.3, -0.25) is 4.79 Å². The van der Waals surface area contributed by atoms with Crippen LogP contribution >= 0.6 is 36.6 Å². The van der Waals surface area contributed by atoms with Gasteiger partial charge in [-0.15, -0.1) is 24.8 Å². The molecule has 0 aliphatic heterocycles. The molecule has 18 heavy (non-hydrogen) atoms. The Hall–Kier alpha value is 0.320. The number of hydrogen-bond donors (Lipinski definition) is 3. The molecule has 0 rings (SSSR count). The van der Waals surface area contributed by atoms with Crippen molar-refractivity contribution in [3.05, 3.63) is 0 Å². The lowest BCUT2D eigenvalue weighted by molar-refractivity contribution is -0.137. The highest BCUT2D eigenvalue weighted by Crippen LogP contribution is 2.09. The number of halogens is 2. The predicted octanol–water partition coefficient (Wildman–Crippen LogP) is 2.27. The van der Waals surface area contributed by atoms with Gasteiger partial charge in [0.2, 0.25) is 0 Å². The second-order valence-corrected chi connectivity index (χ2v) is 5.09. The molecule has 0 spiro atoms. The third-order valence-corrected chi connectivity index (χ3v) is 3.28. The topological polar surface area (TPSA) is 89.3 Å².